The molecule has 1 aromatic carbocycles. The lowest BCUT2D eigenvalue weighted by atomic mass is 10.1. The van der Waals surface area contributed by atoms with Crippen molar-refractivity contribution in [1.29, 1.82) is 5.26 Å². The summed E-state index contributed by atoms with van der Waals surface area (Å²) in [6, 6.07) is 10.4. The summed E-state index contributed by atoms with van der Waals surface area (Å²) in [7, 11) is 0. The molecule has 0 aromatic heterocycles. The first-order valence-corrected chi connectivity index (χ1v) is 4.97. The lowest BCUT2D eigenvalue weighted by Gasteiger charge is -2.03. The van der Waals surface area contributed by atoms with Gasteiger partial charge in [-0.3, -0.25) is 0 Å². The van der Waals surface area contributed by atoms with E-state index in [-0.39, 0.29) is 5.92 Å². The Morgan fingerprint density at radius 2 is 2.14 bits per heavy atom. The third-order valence-corrected chi connectivity index (χ3v) is 2.58. The largest absolute Gasteiger partial charge is 0.494 e. The predicted molar refractivity (Wildman–Crippen MR) is 54.1 cm³/mol. The summed E-state index contributed by atoms with van der Waals surface area (Å²) in [5, 5.41) is 8.70. The lowest BCUT2D eigenvalue weighted by Crippen LogP contribution is -1.91. The van der Waals surface area contributed by atoms with Crippen LogP contribution in [0.4, 0.5) is 0 Å². The lowest BCUT2D eigenvalue weighted by molar-refractivity contribution is 0.340. The molecule has 2 rings (SSSR count). The van der Waals surface area contributed by atoms with Gasteiger partial charge in [0, 0.05) is 5.92 Å². The number of ether oxygens (including phenoxy) is 1. The minimum absolute atomic E-state index is 0.243. The van der Waals surface area contributed by atoms with E-state index in [4.69, 9.17) is 10.00 Å². The fourth-order valence-electron chi connectivity index (χ4n) is 1.68. The average Bonchev–Trinajstić information content (AvgIpc) is 2.99. The number of hydrogen-bond donors (Lipinski definition) is 0. The highest BCUT2D eigenvalue weighted by molar-refractivity contribution is 5.34. The minimum atomic E-state index is 0.243. The number of hydrogen-bond acceptors (Lipinski definition) is 2. The van der Waals surface area contributed by atoms with Crippen LogP contribution in [0.1, 0.15) is 24.8 Å². The van der Waals surface area contributed by atoms with Gasteiger partial charge in [0.15, 0.2) is 0 Å². The Kier molecular flexibility index (Phi) is 2.41. The van der Waals surface area contributed by atoms with Gasteiger partial charge >= 0.3 is 0 Å². The molecule has 1 fully saturated rings. The Balaban J connectivity index is 2.05. The Hall–Kier alpha value is -1.49. The van der Waals surface area contributed by atoms with Crippen LogP contribution in [0.3, 0.4) is 0 Å². The first-order chi connectivity index (χ1) is 6.85. The fourth-order valence-corrected chi connectivity index (χ4v) is 1.68. The van der Waals surface area contributed by atoms with Gasteiger partial charge in [-0.2, -0.15) is 5.26 Å². The third-order valence-electron chi connectivity index (χ3n) is 2.58. The molecule has 0 spiro atoms. The van der Waals surface area contributed by atoms with E-state index in [1.165, 1.54) is 5.56 Å². The molecular formula is C12H13NO. The van der Waals surface area contributed by atoms with Gasteiger partial charge < -0.3 is 4.74 Å². The molecule has 0 amide bonds. The molecule has 72 valence electrons. The van der Waals surface area contributed by atoms with Crippen LogP contribution in [0.2, 0.25) is 0 Å². The Morgan fingerprint density at radius 1 is 1.43 bits per heavy atom. The van der Waals surface area contributed by atoms with Crippen molar-refractivity contribution in [3.8, 4) is 11.8 Å². The number of nitrogens with zero attached hydrogens (tertiary/aromatic N) is 1. The van der Waals surface area contributed by atoms with Gasteiger partial charge in [-0.15, -0.1) is 0 Å². The van der Waals surface area contributed by atoms with E-state index in [1.54, 1.807) is 0 Å². The zero-order valence-corrected chi connectivity index (χ0v) is 8.23. The Labute approximate surface area is 84.1 Å². The van der Waals surface area contributed by atoms with E-state index in [2.05, 4.69) is 18.2 Å². The second-order valence-corrected chi connectivity index (χ2v) is 3.58. The molecule has 1 aromatic rings. The van der Waals surface area contributed by atoms with Crippen LogP contribution in [0.5, 0.6) is 5.75 Å². The van der Waals surface area contributed by atoms with Crippen LogP contribution < -0.4 is 4.74 Å². The fraction of sp³-hybridized carbons (Fsp3) is 0.417. The smallest absolute Gasteiger partial charge is 0.119 e. The maximum Gasteiger partial charge on any atom is 0.119 e. The molecule has 2 unspecified atom stereocenters. The number of benzene rings is 1. The Bertz CT molecular complexity index is 350. The summed E-state index contributed by atoms with van der Waals surface area (Å²) in [6.07, 6.45) is 1.02. The molecule has 0 N–H and O–H groups in total. The summed E-state index contributed by atoms with van der Waals surface area (Å²) in [5.74, 6) is 1.62. The summed E-state index contributed by atoms with van der Waals surface area (Å²) in [5.41, 5.74) is 1.26. The summed E-state index contributed by atoms with van der Waals surface area (Å²) < 4.78 is 5.35. The van der Waals surface area contributed by atoms with Gasteiger partial charge in [-0.1, -0.05) is 12.1 Å². The molecule has 1 aliphatic carbocycles. The summed E-state index contributed by atoms with van der Waals surface area (Å²) in [6.45, 7) is 2.67. The van der Waals surface area contributed by atoms with Crippen LogP contribution in [0.15, 0.2) is 24.3 Å². The van der Waals surface area contributed by atoms with E-state index in [9.17, 15) is 0 Å². The van der Waals surface area contributed by atoms with Crippen LogP contribution in [-0.2, 0) is 0 Å². The van der Waals surface area contributed by atoms with E-state index in [1.807, 2.05) is 19.1 Å². The van der Waals surface area contributed by atoms with Gasteiger partial charge in [-0.25, -0.2) is 0 Å². The second kappa shape index (κ2) is 3.71. The highest BCUT2D eigenvalue weighted by atomic mass is 16.5. The van der Waals surface area contributed by atoms with E-state index >= 15 is 0 Å². The van der Waals surface area contributed by atoms with Crippen molar-refractivity contribution in [2.24, 2.45) is 5.92 Å². The van der Waals surface area contributed by atoms with Crippen molar-refractivity contribution in [3.05, 3.63) is 29.8 Å². The number of nitriles is 1. The van der Waals surface area contributed by atoms with E-state index < -0.39 is 0 Å². The van der Waals surface area contributed by atoms with Crippen molar-refractivity contribution >= 4 is 0 Å². The predicted octanol–water partition coefficient (Wildman–Crippen LogP) is 2.71. The molecule has 0 bridgehead atoms. The van der Waals surface area contributed by atoms with Gasteiger partial charge in [0.05, 0.1) is 18.6 Å². The normalized spacial score (nSPS) is 24.0. The third kappa shape index (κ3) is 1.72. The quantitative estimate of drug-likeness (QED) is 0.728. The molecule has 0 heterocycles. The van der Waals surface area contributed by atoms with Crippen molar-refractivity contribution in [3.63, 3.8) is 0 Å². The SMILES string of the molecule is CCOc1ccc(C2CC2C#N)cc1. The van der Waals surface area contributed by atoms with Gasteiger partial charge in [0.1, 0.15) is 5.75 Å². The van der Waals surface area contributed by atoms with Gasteiger partial charge in [-0.05, 0) is 31.0 Å². The topological polar surface area (TPSA) is 33.0 Å². The van der Waals surface area contributed by atoms with Crippen molar-refractivity contribution < 1.29 is 4.74 Å². The first-order valence-electron chi connectivity index (χ1n) is 4.97. The van der Waals surface area contributed by atoms with E-state index in [0.29, 0.717) is 12.5 Å². The molecule has 0 saturated heterocycles. The van der Waals surface area contributed by atoms with Crippen molar-refractivity contribution in [2.45, 2.75) is 19.3 Å². The zero-order chi connectivity index (χ0) is 9.97. The standard InChI is InChI=1S/C12H13NO/c1-2-14-11-5-3-9(4-6-11)12-7-10(12)8-13/h3-6,10,12H,2,7H2,1H3. The van der Waals surface area contributed by atoms with Crippen LogP contribution in [-0.4, -0.2) is 6.61 Å². The molecule has 2 heteroatoms. The van der Waals surface area contributed by atoms with Crippen molar-refractivity contribution in [1.82, 2.24) is 0 Å². The van der Waals surface area contributed by atoms with Crippen LogP contribution >= 0.6 is 0 Å². The maximum atomic E-state index is 8.70. The summed E-state index contributed by atoms with van der Waals surface area (Å²) in [4.78, 5) is 0. The molecule has 2 nitrogen and oxygen atoms in total. The van der Waals surface area contributed by atoms with E-state index in [0.717, 1.165) is 12.2 Å². The highest BCUT2D eigenvalue weighted by Crippen LogP contribution is 2.46. The Morgan fingerprint density at radius 3 is 2.64 bits per heavy atom. The molecule has 1 aliphatic rings. The minimum Gasteiger partial charge on any atom is -0.494 e. The molecular weight excluding hydrogens is 174 g/mol. The maximum absolute atomic E-state index is 8.70. The summed E-state index contributed by atoms with van der Waals surface area (Å²) >= 11 is 0. The number of rotatable bonds is 3. The van der Waals surface area contributed by atoms with Crippen LogP contribution in [0, 0.1) is 17.2 Å². The zero-order valence-electron chi connectivity index (χ0n) is 8.23. The molecule has 14 heavy (non-hydrogen) atoms. The van der Waals surface area contributed by atoms with Gasteiger partial charge in [0.2, 0.25) is 0 Å². The molecule has 0 aliphatic heterocycles. The second-order valence-electron chi connectivity index (χ2n) is 3.58. The highest BCUT2D eigenvalue weighted by Gasteiger charge is 2.38. The molecule has 0 radical (unpaired) electrons. The van der Waals surface area contributed by atoms with Crippen LogP contribution in [0.25, 0.3) is 0 Å². The van der Waals surface area contributed by atoms with Gasteiger partial charge in [0.25, 0.3) is 0 Å². The average molecular weight is 187 g/mol. The van der Waals surface area contributed by atoms with Crippen molar-refractivity contribution in [2.75, 3.05) is 6.61 Å². The molecule has 2 atom stereocenters. The molecule has 1 saturated carbocycles. The monoisotopic (exact) mass is 187 g/mol. The first kappa shape index (κ1) is 9.08.